The molecule has 1 amide bonds. The number of hydrazone groups is 1. The number of phenolic OH excluding ortho intramolecular Hbond substituents is 1. The maximum Gasteiger partial charge on any atom is 0.278 e. The first-order valence-corrected chi connectivity index (χ1v) is 9.20. The molecule has 6 heteroatoms. The summed E-state index contributed by atoms with van der Waals surface area (Å²) in [5, 5.41) is 20.1. The van der Waals surface area contributed by atoms with Crippen LogP contribution in [0.3, 0.4) is 0 Å². The summed E-state index contributed by atoms with van der Waals surface area (Å²) in [6.07, 6.45) is -0.500. The minimum atomic E-state index is -0.500. The minimum Gasteiger partial charge on any atom is -0.507 e. The number of hydrogen-bond acceptors (Lipinski definition) is 4. The lowest BCUT2D eigenvalue weighted by molar-refractivity contribution is 0.0689. The smallest absolute Gasteiger partial charge is 0.278 e. The molecule has 3 aromatic carbocycles. The Bertz CT molecular complexity index is 1060. The van der Waals surface area contributed by atoms with Gasteiger partial charge < -0.3 is 10.4 Å². The molecule has 0 saturated carbocycles. The molecule has 5 nitrogen and oxygen atoms in total. The molecule has 28 heavy (non-hydrogen) atoms. The highest BCUT2D eigenvalue weighted by molar-refractivity contribution is 6.30. The first-order chi connectivity index (χ1) is 13.5. The van der Waals surface area contributed by atoms with Crippen LogP contribution < -0.4 is 5.32 Å². The highest BCUT2D eigenvalue weighted by atomic mass is 35.5. The first-order valence-electron chi connectivity index (χ1n) is 8.83. The largest absolute Gasteiger partial charge is 0.507 e. The average molecular weight is 392 g/mol. The van der Waals surface area contributed by atoms with Crippen molar-refractivity contribution in [2.45, 2.75) is 13.1 Å². The van der Waals surface area contributed by atoms with Crippen LogP contribution in [0.2, 0.25) is 5.02 Å². The molecule has 0 saturated heterocycles. The van der Waals surface area contributed by atoms with Crippen LogP contribution in [0.1, 0.15) is 34.6 Å². The highest BCUT2D eigenvalue weighted by Crippen LogP contribution is 2.34. The van der Waals surface area contributed by atoms with Crippen LogP contribution in [0.4, 0.5) is 5.69 Å². The summed E-state index contributed by atoms with van der Waals surface area (Å²) >= 11 is 6.02. The first kappa shape index (κ1) is 18.1. The lowest BCUT2D eigenvalue weighted by Crippen LogP contribution is -2.40. The van der Waals surface area contributed by atoms with Crippen molar-refractivity contribution in [1.29, 1.82) is 0 Å². The lowest BCUT2D eigenvalue weighted by Gasteiger charge is -2.35. The maximum atomic E-state index is 13.2. The molecule has 1 heterocycles. The van der Waals surface area contributed by atoms with E-state index >= 15 is 0 Å². The topological polar surface area (TPSA) is 64.9 Å². The van der Waals surface area contributed by atoms with Gasteiger partial charge in [-0.15, -0.1) is 0 Å². The zero-order valence-electron chi connectivity index (χ0n) is 15.1. The van der Waals surface area contributed by atoms with E-state index < -0.39 is 6.17 Å². The van der Waals surface area contributed by atoms with Gasteiger partial charge in [0.15, 0.2) is 6.17 Å². The number of phenols is 1. The summed E-state index contributed by atoms with van der Waals surface area (Å²) in [5.41, 5.74) is 3.25. The predicted molar refractivity (Wildman–Crippen MR) is 111 cm³/mol. The summed E-state index contributed by atoms with van der Waals surface area (Å²) in [5.74, 6) is -0.103. The van der Waals surface area contributed by atoms with E-state index in [9.17, 15) is 9.90 Å². The van der Waals surface area contributed by atoms with Gasteiger partial charge in [-0.1, -0.05) is 48.0 Å². The second-order valence-electron chi connectivity index (χ2n) is 6.50. The molecule has 0 radical (unpaired) electrons. The van der Waals surface area contributed by atoms with Crippen molar-refractivity contribution in [2.75, 3.05) is 5.32 Å². The van der Waals surface area contributed by atoms with E-state index in [1.807, 2.05) is 36.4 Å². The molecule has 4 rings (SSSR count). The molecule has 0 fully saturated rings. The predicted octanol–water partition coefficient (Wildman–Crippen LogP) is 5.04. The molecular formula is C22H18ClN3O2. The Morgan fingerprint density at radius 1 is 1.04 bits per heavy atom. The van der Waals surface area contributed by atoms with Gasteiger partial charge in [0.05, 0.1) is 11.3 Å². The van der Waals surface area contributed by atoms with Crippen LogP contribution in [0.5, 0.6) is 5.75 Å². The molecule has 0 bridgehead atoms. The Balaban J connectivity index is 1.81. The second-order valence-corrected chi connectivity index (χ2v) is 6.93. The van der Waals surface area contributed by atoms with Crippen molar-refractivity contribution < 1.29 is 9.90 Å². The van der Waals surface area contributed by atoms with Gasteiger partial charge in [0.1, 0.15) is 5.75 Å². The van der Waals surface area contributed by atoms with Crippen molar-refractivity contribution in [3.8, 4) is 5.75 Å². The van der Waals surface area contributed by atoms with Gasteiger partial charge in [0, 0.05) is 16.3 Å². The van der Waals surface area contributed by atoms with Gasteiger partial charge in [-0.2, -0.15) is 5.10 Å². The number of nitrogens with zero attached hydrogens (tertiary/aromatic N) is 2. The van der Waals surface area contributed by atoms with Crippen LogP contribution in [-0.4, -0.2) is 21.7 Å². The van der Waals surface area contributed by atoms with E-state index in [1.165, 1.54) is 5.01 Å². The summed E-state index contributed by atoms with van der Waals surface area (Å²) < 4.78 is 0. The van der Waals surface area contributed by atoms with Crippen LogP contribution in [-0.2, 0) is 0 Å². The molecule has 0 spiro atoms. The fourth-order valence-electron chi connectivity index (χ4n) is 3.21. The summed E-state index contributed by atoms with van der Waals surface area (Å²) in [4.78, 5) is 13.2. The monoisotopic (exact) mass is 391 g/mol. The number of carbonyl (C=O) groups excluding carboxylic acids is 1. The van der Waals surface area contributed by atoms with E-state index in [1.54, 1.807) is 43.3 Å². The number of halogens is 1. The standard InChI is InChI=1S/C22H18ClN3O2/c1-14(17-6-3-5-9-20(17)27)25-26-21(15-10-12-16(23)13-11-15)24-19-8-4-2-7-18(19)22(26)28/h2-13,21,24,27H,1H3/t21-/m0/s1. The third kappa shape index (κ3) is 3.32. The number of fused-ring (bicyclic) bond motifs is 1. The lowest BCUT2D eigenvalue weighted by atomic mass is 10.0. The number of anilines is 1. The molecule has 1 atom stereocenters. The molecule has 3 aromatic rings. The zero-order chi connectivity index (χ0) is 19.7. The van der Waals surface area contributed by atoms with Crippen molar-refractivity contribution in [3.05, 3.63) is 94.5 Å². The van der Waals surface area contributed by atoms with Crippen LogP contribution >= 0.6 is 11.6 Å². The van der Waals surface area contributed by atoms with E-state index in [2.05, 4.69) is 10.4 Å². The fourth-order valence-corrected chi connectivity index (χ4v) is 3.34. The van der Waals surface area contributed by atoms with E-state index in [4.69, 9.17) is 11.6 Å². The van der Waals surface area contributed by atoms with Gasteiger partial charge in [-0.3, -0.25) is 4.79 Å². The molecule has 1 aliphatic heterocycles. The van der Waals surface area contributed by atoms with Crippen molar-refractivity contribution in [1.82, 2.24) is 5.01 Å². The van der Waals surface area contributed by atoms with Gasteiger partial charge >= 0.3 is 0 Å². The molecule has 0 unspecified atom stereocenters. The van der Waals surface area contributed by atoms with E-state index in [0.717, 1.165) is 11.3 Å². The Hall–Kier alpha value is -3.31. The number of nitrogens with one attached hydrogen (secondary N) is 1. The molecular weight excluding hydrogens is 374 g/mol. The molecule has 0 aromatic heterocycles. The molecule has 140 valence electrons. The highest BCUT2D eigenvalue weighted by Gasteiger charge is 2.33. The number of benzene rings is 3. The third-order valence-corrected chi connectivity index (χ3v) is 4.89. The Morgan fingerprint density at radius 2 is 1.71 bits per heavy atom. The number of carbonyl (C=O) groups is 1. The van der Waals surface area contributed by atoms with Crippen LogP contribution in [0, 0.1) is 0 Å². The minimum absolute atomic E-state index is 0.115. The number of rotatable bonds is 3. The summed E-state index contributed by atoms with van der Waals surface area (Å²) in [7, 11) is 0. The summed E-state index contributed by atoms with van der Waals surface area (Å²) in [6.45, 7) is 1.77. The van der Waals surface area contributed by atoms with Gasteiger partial charge in [0.2, 0.25) is 0 Å². The normalized spacial score (nSPS) is 16.5. The van der Waals surface area contributed by atoms with Crippen LogP contribution in [0.15, 0.2) is 77.9 Å². The van der Waals surface area contributed by atoms with Crippen molar-refractivity contribution >= 4 is 28.9 Å². The second kappa shape index (κ2) is 7.37. The SMILES string of the molecule is CC(=NN1C(=O)c2ccccc2N[C@@H]1c1ccc(Cl)cc1)c1ccccc1O. The molecule has 1 aliphatic rings. The van der Waals surface area contributed by atoms with Crippen molar-refractivity contribution in [2.24, 2.45) is 5.10 Å². The number of amides is 1. The molecule has 2 N–H and O–H groups in total. The number of aromatic hydroxyl groups is 1. The number of hydrogen-bond donors (Lipinski definition) is 2. The zero-order valence-corrected chi connectivity index (χ0v) is 15.9. The Labute approximate surface area is 167 Å². The average Bonchev–Trinajstić information content (AvgIpc) is 2.71. The quantitative estimate of drug-likeness (QED) is 0.615. The summed E-state index contributed by atoms with van der Waals surface area (Å²) in [6, 6.07) is 21.5. The fraction of sp³-hybridized carbons (Fsp3) is 0.0909. The van der Waals surface area contributed by atoms with E-state index in [-0.39, 0.29) is 11.7 Å². The van der Waals surface area contributed by atoms with Crippen LogP contribution in [0.25, 0.3) is 0 Å². The maximum absolute atomic E-state index is 13.2. The third-order valence-electron chi connectivity index (χ3n) is 4.64. The van der Waals surface area contributed by atoms with E-state index in [0.29, 0.717) is 21.9 Å². The number of para-hydroxylation sites is 2. The van der Waals surface area contributed by atoms with Crippen molar-refractivity contribution in [3.63, 3.8) is 0 Å². The van der Waals surface area contributed by atoms with Gasteiger partial charge in [-0.05, 0) is 48.9 Å². The molecule has 0 aliphatic carbocycles. The van der Waals surface area contributed by atoms with Gasteiger partial charge in [-0.25, -0.2) is 5.01 Å². The Kier molecular flexibility index (Phi) is 4.75. The van der Waals surface area contributed by atoms with Gasteiger partial charge in [0.25, 0.3) is 5.91 Å². The Morgan fingerprint density at radius 3 is 2.46 bits per heavy atom.